The third-order valence-electron chi connectivity index (χ3n) is 4.04. The molecular formula is C19H23FN2O4S. The van der Waals surface area contributed by atoms with Gasteiger partial charge in [0.25, 0.3) is 0 Å². The van der Waals surface area contributed by atoms with E-state index in [1.807, 2.05) is 18.2 Å². The molecular weight excluding hydrogens is 371 g/mol. The Morgan fingerprint density at radius 1 is 1.19 bits per heavy atom. The monoisotopic (exact) mass is 394 g/mol. The zero-order valence-corrected chi connectivity index (χ0v) is 16.3. The van der Waals surface area contributed by atoms with Crippen LogP contribution < -0.4 is 10.1 Å². The maximum Gasteiger partial charge on any atom is 0.235 e. The summed E-state index contributed by atoms with van der Waals surface area (Å²) in [6, 6.07) is 12.4. The molecule has 27 heavy (non-hydrogen) atoms. The first-order valence-corrected chi connectivity index (χ1v) is 10.2. The molecule has 0 saturated heterocycles. The minimum absolute atomic E-state index is 0.0183. The van der Waals surface area contributed by atoms with E-state index in [1.54, 1.807) is 20.1 Å². The van der Waals surface area contributed by atoms with Crippen molar-refractivity contribution in [1.82, 2.24) is 9.62 Å². The normalized spacial score (nSPS) is 12.6. The highest BCUT2D eigenvalue weighted by atomic mass is 32.2. The summed E-state index contributed by atoms with van der Waals surface area (Å²) < 4.78 is 43.5. The van der Waals surface area contributed by atoms with Crippen molar-refractivity contribution in [3.63, 3.8) is 0 Å². The van der Waals surface area contributed by atoms with Crippen molar-refractivity contribution in [2.45, 2.75) is 19.5 Å². The topological polar surface area (TPSA) is 75.7 Å². The van der Waals surface area contributed by atoms with E-state index in [2.05, 4.69) is 5.32 Å². The van der Waals surface area contributed by atoms with E-state index in [-0.39, 0.29) is 19.1 Å². The largest absolute Gasteiger partial charge is 0.496 e. The van der Waals surface area contributed by atoms with Gasteiger partial charge in [-0.25, -0.2) is 12.8 Å². The number of halogens is 1. The molecule has 1 N–H and O–H groups in total. The number of benzene rings is 2. The van der Waals surface area contributed by atoms with Crippen molar-refractivity contribution in [2.75, 3.05) is 19.9 Å². The lowest BCUT2D eigenvalue weighted by atomic mass is 10.1. The van der Waals surface area contributed by atoms with Crippen molar-refractivity contribution >= 4 is 15.9 Å². The highest BCUT2D eigenvalue weighted by Crippen LogP contribution is 2.24. The van der Waals surface area contributed by atoms with Gasteiger partial charge in [-0.3, -0.25) is 4.79 Å². The molecule has 0 fully saturated rings. The van der Waals surface area contributed by atoms with Gasteiger partial charge in [0.05, 0.1) is 26.0 Å². The Labute approximate surface area is 159 Å². The van der Waals surface area contributed by atoms with Gasteiger partial charge < -0.3 is 10.1 Å². The minimum Gasteiger partial charge on any atom is -0.496 e. The van der Waals surface area contributed by atoms with Crippen molar-refractivity contribution in [3.8, 4) is 5.75 Å². The van der Waals surface area contributed by atoms with Crippen LogP contribution in [0, 0.1) is 5.82 Å². The number of nitrogens with one attached hydrogen (secondary N) is 1. The summed E-state index contributed by atoms with van der Waals surface area (Å²) in [7, 11) is -2.08. The van der Waals surface area contributed by atoms with Crippen molar-refractivity contribution in [1.29, 1.82) is 0 Å². The van der Waals surface area contributed by atoms with E-state index < -0.39 is 21.7 Å². The average molecular weight is 394 g/mol. The molecule has 2 rings (SSSR count). The lowest BCUT2D eigenvalue weighted by Gasteiger charge is -2.22. The van der Waals surface area contributed by atoms with Gasteiger partial charge >= 0.3 is 0 Å². The molecule has 0 aromatic heterocycles. The maximum atomic E-state index is 13.0. The average Bonchev–Trinajstić information content (AvgIpc) is 2.62. The fraction of sp³-hybridized carbons (Fsp3) is 0.316. The summed E-state index contributed by atoms with van der Waals surface area (Å²) in [5.41, 5.74) is 1.38. The molecule has 0 bridgehead atoms. The number of sulfonamides is 1. The molecule has 146 valence electrons. The Kier molecular flexibility index (Phi) is 6.92. The minimum atomic E-state index is -3.63. The van der Waals surface area contributed by atoms with Crippen LogP contribution in [0.1, 0.15) is 24.1 Å². The van der Waals surface area contributed by atoms with E-state index in [4.69, 9.17) is 4.74 Å². The van der Waals surface area contributed by atoms with Crippen LogP contribution in [-0.4, -0.2) is 38.5 Å². The summed E-state index contributed by atoms with van der Waals surface area (Å²) in [6.45, 7) is 1.44. The number of hydrogen-bond donors (Lipinski definition) is 1. The lowest BCUT2D eigenvalue weighted by Crippen LogP contribution is -2.40. The summed E-state index contributed by atoms with van der Waals surface area (Å²) >= 11 is 0. The number of nitrogens with zero attached hydrogens (tertiary/aromatic N) is 1. The number of carbonyl (C=O) groups is 1. The Morgan fingerprint density at radius 3 is 2.41 bits per heavy atom. The van der Waals surface area contributed by atoms with Gasteiger partial charge in [0.2, 0.25) is 15.9 Å². The van der Waals surface area contributed by atoms with Crippen LogP contribution in [0.4, 0.5) is 4.39 Å². The van der Waals surface area contributed by atoms with Crippen LogP contribution in [0.15, 0.2) is 48.5 Å². The third-order valence-corrected chi connectivity index (χ3v) is 5.24. The Balaban J connectivity index is 2.08. The molecule has 6 nitrogen and oxygen atoms in total. The second-order valence-corrected chi connectivity index (χ2v) is 8.17. The van der Waals surface area contributed by atoms with Crippen LogP contribution in [0.3, 0.4) is 0 Å². The Bertz CT molecular complexity index is 885. The Hall–Kier alpha value is -2.45. The summed E-state index contributed by atoms with van der Waals surface area (Å²) in [5, 5.41) is 2.78. The number of ether oxygens (including phenoxy) is 1. The first-order chi connectivity index (χ1) is 12.7. The molecule has 0 saturated carbocycles. The molecule has 0 heterocycles. The molecule has 0 aliphatic rings. The van der Waals surface area contributed by atoms with E-state index in [0.29, 0.717) is 11.3 Å². The second kappa shape index (κ2) is 8.96. The van der Waals surface area contributed by atoms with Gasteiger partial charge in [-0.1, -0.05) is 30.3 Å². The van der Waals surface area contributed by atoms with Crippen molar-refractivity contribution in [2.24, 2.45) is 0 Å². The Morgan fingerprint density at radius 2 is 1.81 bits per heavy atom. The van der Waals surface area contributed by atoms with Crippen LogP contribution in [0.2, 0.25) is 0 Å². The zero-order valence-electron chi connectivity index (χ0n) is 15.5. The summed E-state index contributed by atoms with van der Waals surface area (Å²) in [4.78, 5) is 12.4. The smallest absolute Gasteiger partial charge is 0.235 e. The predicted octanol–water partition coefficient (Wildman–Crippen LogP) is 2.47. The first-order valence-electron chi connectivity index (χ1n) is 8.32. The van der Waals surface area contributed by atoms with Gasteiger partial charge in [-0.05, 0) is 30.7 Å². The quantitative estimate of drug-likeness (QED) is 0.746. The molecule has 2 aromatic carbocycles. The number of methoxy groups -OCH3 is 1. The molecule has 0 spiro atoms. The van der Waals surface area contributed by atoms with Crippen LogP contribution >= 0.6 is 0 Å². The van der Waals surface area contributed by atoms with Crippen LogP contribution in [0.5, 0.6) is 5.75 Å². The molecule has 8 heteroatoms. The van der Waals surface area contributed by atoms with Crippen molar-refractivity contribution in [3.05, 3.63) is 65.5 Å². The summed E-state index contributed by atoms with van der Waals surface area (Å²) in [5.74, 6) is -0.217. The fourth-order valence-electron chi connectivity index (χ4n) is 2.63. The number of para-hydroxylation sites is 1. The van der Waals surface area contributed by atoms with Gasteiger partial charge in [0.1, 0.15) is 11.6 Å². The SMILES string of the molecule is COc1ccccc1[C@H](C)NC(=O)CN(Cc1ccc(F)cc1)S(C)(=O)=O. The first kappa shape index (κ1) is 20.9. The van der Waals surface area contributed by atoms with E-state index in [9.17, 15) is 17.6 Å². The van der Waals surface area contributed by atoms with Crippen LogP contribution in [-0.2, 0) is 21.4 Å². The highest BCUT2D eigenvalue weighted by molar-refractivity contribution is 7.88. The highest BCUT2D eigenvalue weighted by Gasteiger charge is 2.22. The summed E-state index contributed by atoms with van der Waals surface area (Å²) in [6.07, 6.45) is 1.04. The van der Waals surface area contributed by atoms with Crippen molar-refractivity contribution < 1.29 is 22.3 Å². The lowest BCUT2D eigenvalue weighted by molar-refractivity contribution is -0.122. The number of amides is 1. The van der Waals surface area contributed by atoms with Gasteiger partial charge in [-0.15, -0.1) is 0 Å². The van der Waals surface area contributed by atoms with E-state index in [1.165, 1.54) is 24.3 Å². The molecule has 1 atom stereocenters. The number of rotatable bonds is 8. The molecule has 2 aromatic rings. The molecule has 1 amide bonds. The van der Waals surface area contributed by atoms with Gasteiger partial charge in [-0.2, -0.15) is 4.31 Å². The second-order valence-electron chi connectivity index (χ2n) is 6.19. The number of carbonyl (C=O) groups excluding carboxylic acids is 1. The predicted molar refractivity (Wildman–Crippen MR) is 101 cm³/mol. The fourth-order valence-corrected chi connectivity index (χ4v) is 3.37. The van der Waals surface area contributed by atoms with E-state index in [0.717, 1.165) is 16.1 Å². The third kappa shape index (κ3) is 6.04. The standard InChI is InChI=1S/C19H23FN2O4S/c1-14(17-6-4-5-7-18(17)26-2)21-19(23)13-22(27(3,24)25)12-15-8-10-16(20)11-9-15/h4-11,14H,12-13H2,1-3H3,(H,21,23)/t14-/m0/s1. The molecule has 0 aliphatic heterocycles. The zero-order chi connectivity index (χ0) is 20.0. The van der Waals surface area contributed by atoms with Gasteiger partial charge in [0.15, 0.2) is 0 Å². The molecule has 0 unspecified atom stereocenters. The maximum absolute atomic E-state index is 13.0. The van der Waals surface area contributed by atoms with E-state index >= 15 is 0 Å². The molecule has 0 radical (unpaired) electrons. The number of hydrogen-bond acceptors (Lipinski definition) is 4. The van der Waals surface area contributed by atoms with Crippen LogP contribution in [0.25, 0.3) is 0 Å². The molecule has 0 aliphatic carbocycles. The van der Waals surface area contributed by atoms with Gasteiger partial charge in [0, 0.05) is 12.1 Å².